The molecular weight excluding hydrogens is 315 g/mol. The zero-order valence-corrected chi connectivity index (χ0v) is 14.0. The van der Waals surface area contributed by atoms with E-state index in [-0.39, 0.29) is 15.3 Å². The number of sulfonamides is 1. The molecule has 0 aliphatic carbocycles. The maximum atomic E-state index is 13.2. The van der Waals surface area contributed by atoms with Gasteiger partial charge >= 0.3 is 0 Å². The third-order valence-corrected chi connectivity index (χ3v) is 6.04. The van der Waals surface area contributed by atoms with E-state index in [0.717, 1.165) is 31.6 Å². The van der Waals surface area contributed by atoms with Crippen LogP contribution in [0.2, 0.25) is 5.02 Å². The molecule has 21 heavy (non-hydrogen) atoms. The highest BCUT2D eigenvalue weighted by Gasteiger charge is 2.36. The van der Waals surface area contributed by atoms with E-state index >= 15 is 0 Å². The van der Waals surface area contributed by atoms with Crippen molar-refractivity contribution in [1.82, 2.24) is 9.21 Å². The van der Waals surface area contributed by atoms with Gasteiger partial charge in [-0.25, -0.2) is 17.1 Å². The maximum Gasteiger partial charge on any atom is 0.242 e. The minimum Gasteiger partial charge on any atom is -0.306 e. The quantitative estimate of drug-likeness (QED) is 0.849. The van der Waals surface area contributed by atoms with Crippen LogP contribution < -0.4 is 0 Å². The molecule has 1 aromatic carbocycles. The highest BCUT2D eigenvalue weighted by atomic mass is 35.5. The first-order valence-corrected chi connectivity index (χ1v) is 8.56. The van der Waals surface area contributed by atoms with Gasteiger partial charge in [0.15, 0.2) is 0 Å². The molecule has 1 aromatic rings. The summed E-state index contributed by atoms with van der Waals surface area (Å²) in [7, 11) is -0.0786. The van der Waals surface area contributed by atoms with Gasteiger partial charge in [-0.1, -0.05) is 18.5 Å². The summed E-state index contributed by atoms with van der Waals surface area (Å²) in [5.74, 6) is -0.623. The van der Waals surface area contributed by atoms with Crippen molar-refractivity contribution < 1.29 is 12.8 Å². The van der Waals surface area contributed by atoms with Gasteiger partial charge in [0.05, 0.1) is 9.92 Å². The van der Waals surface area contributed by atoms with Crippen molar-refractivity contribution in [2.45, 2.75) is 18.2 Å². The lowest BCUT2D eigenvalue weighted by Gasteiger charge is -2.29. The smallest absolute Gasteiger partial charge is 0.242 e. The Morgan fingerprint density at radius 1 is 1.48 bits per heavy atom. The first-order chi connectivity index (χ1) is 9.64. The molecule has 1 atom stereocenters. The molecule has 1 saturated heterocycles. The molecule has 1 fully saturated rings. The van der Waals surface area contributed by atoms with Gasteiger partial charge in [-0.15, -0.1) is 0 Å². The van der Waals surface area contributed by atoms with Crippen LogP contribution in [0, 0.1) is 11.2 Å². The molecule has 4 nitrogen and oxygen atoms in total. The van der Waals surface area contributed by atoms with Crippen molar-refractivity contribution in [3.05, 3.63) is 29.0 Å². The minimum atomic E-state index is -3.66. The molecule has 0 bridgehead atoms. The highest BCUT2D eigenvalue weighted by molar-refractivity contribution is 7.89. The number of hydrogen-bond donors (Lipinski definition) is 0. The van der Waals surface area contributed by atoms with Crippen LogP contribution in [-0.2, 0) is 10.0 Å². The normalized spacial score (nSPS) is 23.9. The molecule has 118 valence electrons. The van der Waals surface area contributed by atoms with Gasteiger partial charge in [0, 0.05) is 20.1 Å². The third kappa shape index (κ3) is 3.56. The second kappa shape index (κ2) is 5.83. The van der Waals surface area contributed by atoms with E-state index in [1.54, 1.807) is 7.05 Å². The molecule has 0 saturated carbocycles. The van der Waals surface area contributed by atoms with E-state index in [1.165, 1.54) is 10.4 Å². The maximum absolute atomic E-state index is 13.2. The summed E-state index contributed by atoms with van der Waals surface area (Å²) in [6.07, 6.45) is 0.952. The molecule has 0 spiro atoms. The summed E-state index contributed by atoms with van der Waals surface area (Å²) >= 11 is 5.68. The fraction of sp³-hybridized carbons (Fsp3) is 0.571. The van der Waals surface area contributed by atoms with Gasteiger partial charge in [0.1, 0.15) is 5.82 Å². The molecule has 1 aliphatic rings. The lowest BCUT2D eigenvalue weighted by atomic mass is 9.90. The first-order valence-electron chi connectivity index (χ1n) is 6.74. The fourth-order valence-electron chi connectivity index (χ4n) is 2.84. The van der Waals surface area contributed by atoms with E-state index in [1.807, 2.05) is 7.05 Å². The lowest BCUT2D eigenvalue weighted by molar-refractivity contribution is 0.255. The van der Waals surface area contributed by atoms with E-state index in [4.69, 9.17) is 11.6 Å². The van der Waals surface area contributed by atoms with E-state index in [9.17, 15) is 12.8 Å². The molecule has 2 rings (SSSR count). The molecule has 0 radical (unpaired) electrons. The molecule has 0 amide bonds. The van der Waals surface area contributed by atoms with Crippen LogP contribution in [0.5, 0.6) is 0 Å². The summed E-state index contributed by atoms with van der Waals surface area (Å²) in [4.78, 5) is 2.21. The van der Waals surface area contributed by atoms with Crippen molar-refractivity contribution >= 4 is 21.6 Å². The average molecular weight is 335 g/mol. The van der Waals surface area contributed by atoms with Crippen LogP contribution in [0.4, 0.5) is 4.39 Å². The number of rotatable bonds is 4. The van der Waals surface area contributed by atoms with Crippen LogP contribution in [0.25, 0.3) is 0 Å². The summed E-state index contributed by atoms with van der Waals surface area (Å²) in [6, 6.07) is 3.48. The minimum absolute atomic E-state index is 0.0198. The van der Waals surface area contributed by atoms with Crippen molar-refractivity contribution in [3.8, 4) is 0 Å². The number of nitrogens with zero attached hydrogens (tertiary/aromatic N) is 2. The Morgan fingerprint density at radius 3 is 2.67 bits per heavy atom. The largest absolute Gasteiger partial charge is 0.306 e. The molecule has 1 heterocycles. The Bertz CT molecular complexity index is 638. The van der Waals surface area contributed by atoms with E-state index in [0.29, 0.717) is 6.54 Å². The predicted molar refractivity (Wildman–Crippen MR) is 81.4 cm³/mol. The SMILES string of the molecule is CN1CCC(C)(CN(C)S(=O)(=O)c2ccc(F)c(Cl)c2)C1. The van der Waals surface area contributed by atoms with E-state index < -0.39 is 15.8 Å². The van der Waals surface area contributed by atoms with E-state index in [2.05, 4.69) is 11.8 Å². The van der Waals surface area contributed by atoms with Crippen molar-refractivity contribution in [3.63, 3.8) is 0 Å². The summed E-state index contributed by atoms with van der Waals surface area (Å²) in [5.41, 5.74) is -0.0691. The Labute approximate surface area is 130 Å². The average Bonchev–Trinajstić information content (AvgIpc) is 2.72. The zero-order chi connectivity index (χ0) is 15.8. The molecular formula is C14H20ClFN2O2S. The van der Waals surface area contributed by atoms with Gasteiger partial charge in [-0.2, -0.15) is 0 Å². The number of likely N-dealkylation sites (tertiary alicyclic amines) is 1. The first kappa shape index (κ1) is 16.7. The molecule has 7 heteroatoms. The van der Waals surface area contributed by atoms with Crippen LogP contribution in [-0.4, -0.2) is 51.4 Å². The second-order valence-electron chi connectivity index (χ2n) is 6.14. The third-order valence-electron chi connectivity index (χ3n) is 3.95. The topological polar surface area (TPSA) is 40.6 Å². The van der Waals surface area contributed by atoms with Crippen molar-refractivity contribution in [2.24, 2.45) is 5.41 Å². The van der Waals surface area contributed by atoms with Gasteiger partial charge < -0.3 is 4.90 Å². The molecule has 0 aromatic heterocycles. The number of benzene rings is 1. The van der Waals surface area contributed by atoms with Crippen LogP contribution >= 0.6 is 11.6 Å². The second-order valence-corrected chi connectivity index (χ2v) is 8.59. The fourth-order valence-corrected chi connectivity index (χ4v) is 4.43. The van der Waals surface area contributed by atoms with Gasteiger partial charge in [-0.3, -0.25) is 0 Å². The van der Waals surface area contributed by atoms with Crippen LogP contribution in [0.1, 0.15) is 13.3 Å². The predicted octanol–water partition coefficient (Wildman–Crippen LogP) is 2.44. The molecule has 1 aliphatic heterocycles. The summed E-state index contributed by atoms with van der Waals surface area (Å²) in [5, 5.41) is -0.184. The highest BCUT2D eigenvalue weighted by Crippen LogP contribution is 2.31. The van der Waals surface area contributed by atoms with Gasteiger partial charge in [-0.05, 0) is 43.6 Å². The number of halogens is 2. The summed E-state index contributed by atoms with van der Waals surface area (Å²) < 4.78 is 39.6. The Kier molecular flexibility index (Phi) is 4.63. The Balaban J connectivity index is 2.20. The molecule has 0 N–H and O–H groups in total. The lowest BCUT2D eigenvalue weighted by Crippen LogP contribution is -2.38. The van der Waals surface area contributed by atoms with Gasteiger partial charge in [0.2, 0.25) is 10.0 Å². The summed E-state index contributed by atoms with van der Waals surface area (Å²) in [6.45, 7) is 4.33. The Morgan fingerprint density at radius 2 is 2.14 bits per heavy atom. The van der Waals surface area contributed by atoms with Gasteiger partial charge in [0.25, 0.3) is 0 Å². The Hall–Kier alpha value is -0.690. The van der Waals surface area contributed by atoms with Crippen LogP contribution in [0.3, 0.4) is 0 Å². The standard InChI is InChI=1S/C14H20ClFN2O2S/c1-14(6-7-17(2)9-14)10-18(3)21(19,20)11-4-5-13(16)12(15)8-11/h4-5,8H,6-7,9-10H2,1-3H3. The van der Waals surface area contributed by atoms with Crippen LogP contribution in [0.15, 0.2) is 23.1 Å². The monoisotopic (exact) mass is 334 g/mol. The molecule has 1 unspecified atom stereocenters. The number of hydrogen-bond acceptors (Lipinski definition) is 3. The zero-order valence-electron chi connectivity index (χ0n) is 12.4. The van der Waals surface area contributed by atoms with Crippen molar-refractivity contribution in [2.75, 3.05) is 33.7 Å². The van der Waals surface area contributed by atoms with Crippen molar-refractivity contribution in [1.29, 1.82) is 0 Å².